The van der Waals surface area contributed by atoms with Crippen LogP contribution in [0.2, 0.25) is 19.6 Å². The second-order valence-corrected chi connectivity index (χ2v) is 7.54. The molecule has 0 spiro atoms. The zero-order valence-corrected chi connectivity index (χ0v) is 7.51. The molecule has 0 saturated carbocycles. The van der Waals surface area contributed by atoms with Crippen LogP contribution in [0.3, 0.4) is 0 Å². The normalized spacial score (nSPS) is 11.5. The van der Waals surface area contributed by atoms with Crippen molar-refractivity contribution in [2.24, 2.45) is 0 Å². The molecule has 0 unspecified atom stereocenters. The predicted molar refractivity (Wildman–Crippen MR) is 42.6 cm³/mol. The van der Waals surface area contributed by atoms with E-state index >= 15 is 0 Å². The highest BCUT2D eigenvalue weighted by atomic mass is 28.4. The first kappa shape index (κ1) is 7.34. The van der Waals surface area contributed by atoms with Crippen LogP contribution >= 0.6 is 0 Å². The highest BCUT2D eigenvalue weighted by molar-refractivity contribution is 6.70. The molecule has 3 nitrogen and oxygen atoms in total. The Morgan fingerprint density at radius 2 is 2.20 bits per heavy atom. The fourth-order valence-electron chi connectivity index (χ4n) is 0.597. The van der Waals surface area contributed by atoms with Crippen LogP contribution in [0, 0.1) is 0 Å². The molecule has 0 atom stereocenters. The lowest BCUT2D eigenvalue weighted by molar-refractivity contribution is 0.516. The quantitative estimate of drug-likeness (QED) is 0.661. The summed E-state index contributed by atoms with van der Waals surface area (Å²) >= 11 is 0. The van der Waals surface area contributed by atoms with Crippen LogP contribution in [0.5, 0.6) is 6.01 Å². The number of nitrogens with one attached hydrogen (secondary N) is 1. The molecule has 1 heterocycles. The van der Waals surface area contributed by atoms with Crippen molar-refractivity contribution >= 4 is 8.32 Å². The summed E-state index contributed by atoms with van der Waals surface area (Å²) in [5.41, 5.74) is 0. The van der Waals surface area contributed by atoms with Crippen LogP contribution in [0.4, 0.5) is 0 Å². The number of aromatic nitrogens is 2. The van der Waals surface area contributed by atoms with E-state index in [1.165, 1.54) is 0 Å². The molecule has 0 fully saturated rings. The number of imidazole rings is 1. The standard InChI is InChI=1S/C6H12N2OSi/c1-10(2,3)9-6-7-4-5-8-6/h4-5H,1-3H3,(H,7,8). The van der Waals surface area contributed by atoms with Gasteiger partial charge in [0.1, 0.15) is 0 Å². The summed E-state index contributed by atoms with van der Waals surface area (Å²) in [6.07, 6.45) is 3.45. The second kappa shape index (κ2) is 2.46. The van der Waals surface area contributed by atoms with Crippen LogP contribution in [-0.4, -0.2) is 18.3 Å². The van der Waals surface area contributed by atoms with Gasteiger partial charge >= 0.3 is 0 Å². The van der Waals surface area contributed by atoms with Crippen molar-refractivity contribution in [2.75, 3.05) is 0 Å². The Bertz CT molecular complexity index is 190. The average molecular weight is 156 g/mol. The molecular weight excluding hydrogens is 144 g/mol. The molecule has 0 aromatic carbocycles. The zero-order chi connectivity index (χ0) is 7.61. The van der Waals surface area contributed by atoms with Crippen molar-refractivity contribution in [1.82, 2.24) is 9.97 Å². The van der Waals surface area contributed by atoms with Crippen molar-refractivity contribution in [2.45, 2.75) is 19.6 Å². The molecule has 1 aromatic rings. The van der Waals surface area contributed by atoms with Crippen LogP contribution in [0.15, 0.2) is 12.4 Å². The molecule has 1 aromatic heterocycles. The van der Waals surface area contributed by atoms with E-state index in [1.807, 2.05) is 0 Å². The Labute approximate surface area is 61.6 Å². The molecule has 0 radical (unpaired) electrons. The second-order valence-electron chi connectivity index (χ2n) is 3.11. The van der Waals surface area contributed by atoms with E-state index in [0.717, 1.165) is 0 Å². The third-order valence-corrected chi connectivity index (χ3v) is 1.68. The molecular formula is C6H12N2OSi. The molecule has 0 aliphatic rings. The first-order valence-corrected chi connectivity index (χ1v) is 6.67. The number of aromatic amines is 1. The van der Waals surface area contributed by atoms with E-state index in [1.54, 1.807) is 12.4 Å². The van der Waals surface area contributed by atoms with E-state index in [0.29, 0.717) is 6.01 Å². The van der Waals surface area contributed by atoms with Gasteiger partial charge in [0.15, 0.2) is 0 Å². The summed E-state index contributed by atoms with van der Waals surface area (Å²) in [6.45, 7) is 6.36. The maximum atomic E-state index is 5.51. The van der Waals surface area contributed by atoms with Gasteiger partial charge in [-0.3, -0.25) is 0 Å². The summed E-state index contributed by atoms with van der Waals surface area (Å²) in [4.78, 5) is 6.85. The van der Waals surface area contributed by atoms with Gasteiger partial charge in [-0.25, -0.2) is 4.98 Å². The molecule has 10 heavy (non-hydrogen) atoms. The van der Waals surface area contributed by atoms with Crippen molar-refractivity contribution in [3.63, 3.8) is 0 Å². The SMILES string of the molecule is C[Si](C)(C)Oc1ncc[nH]1. The van der Waals surface area contributed by atoms with E-state index in [4.69, 9.17) is 4.43 Å². The largest absolute Gasteiger partial charge is 0.519 e. The van der Waals surface area contributed by atoms with Crippen LogP contribution in [-0.2, 0) is 0 Å². The highest BCUT2D eigenvalue weighted by Gasteiger charge is 2.16. The molecule has 4 heteroatoms. The summed E-state index contributed by atoms with van der Waals surface area (Å²) in [7, 11) is -1.46. The van der Waals surface area contributed by atoms with Gasteiger partial charge in [-0.2, -0.15) is 0 Å². The van der Waals surface area contributed by atoms with Gasteiger partial charge in [-0.05, 0) is 19.6 Å². The Morgan fingerprint density at radius 3 is 2.60 bits per heavy atom. The zero-order valence-electron chi connectivity index (χ0n) is 6.51. The number of hydrogen-bond acceptors (Lipinski definition) is 2. The topological polar surface area (TPSA) is 37.9 Å². The van der Waals surface area contributed by atoms with Gasteiger partial charge in [0.2, 0.25) is 8.32 Å². The van der Waals surface area contributed by atoms with E-state index in [2.05, 4.69) is 29.6 Å². The van der Waals surface area contributed by atoms with Gasteiger partial charge < -0.3 is 9.41 Å². The fourth-order valence-corrected chi connectivity index (χ4v) is 1.29. The third kappa shape index (κ3) is 2.22. The van der Waals surface area contributed by atoms with E-state index < -0.39 is 8.32 Å². The predicted octanol–water partition coefficient (Wildman–Crippen LogP) is 1.62. The molecule has 56 valence electrons. The van der Waals surface area contributed by atoms with Crippen LogP contribution in [0.1, 0.15) is 0 Å². The summed E-state index contributed by atoms with van der Waals surface area (Å²) in [5.74, 6) is 0. The fraction of sp³-hybridized carbons (Fsp3) is 0.500. The van der Waals surface area contributed by atoms with Crippen molar-refractivity contribution in [3.8, 4) is 6.01 Å². The number of rotatable bonds is 2. The minimum absolute atomic E-state index is 0.638. The molecule has 0 aliphatic heterocycles. The minimum Gasteiger partial charge on any atom is -0.519 e. The first-order chi connectivity index (χ1) is 4.58. The highest BCUT2D eigenvalue weighted by Crippen LogP contribution is 2.07. The monoisotopic (exact) mass is 156 g/mol. The summed E-state index contributed by atoms with van der Waals surface area (Å²) < 4.78 is 5.51. The van der Waals surface area contributed by atoms with Crippen molar-refractivity contribution < 1.29 is 4.43 Å². The van der Waals surface area contributed by atoms with Gasteiger partial charge in [-0.1, -0.05) is 0 Å². The van der Waals surface area contributed by atoms with Gasteiger partial charge in [0.05, 0.1) is 0 Å². The maximum absolute atomic E-state index is 5.51. The lowest BCUT2D eigenvalue weighted by Crippen LogP contribution is -2.29. The molecule has 1 N–H and O–H groups in total. The van der Waals surface area contributed by atoms with Crippen LogP contribution < -0.4 is 4.43 Å². The van der Waals surface area contributed by atoms with E-state index in [9.17, 15) is 0 Å². The smallest absolute Gasteiger partial charge is 0.279 e. The van der Waals surface area contributed by atoms with Gasteiger partial charge in [0.25, 0.3) is 6.01 Å². The van der Waals surface area contributed by atoms with Crippen molar-refractivity contribution in [1.29, 1.82) is 0 Å². The molecule has 1 rings (SSSR count). The number of hydrogen-bond donors (Lipinski definition) is 1. The molecule has 0 saturated heterocycles. The first-order valence-electron chi connectivity index (χ1n) is 3.26. The Morgan fingerprint density at radius 1 is 1.50 bits per heavy atom. The van der Waals surface area contributed by atoms with Gasteiger partial charge in [0, 0.05) is 12.4 Å². The summed E-state index contributed by atoms with van der Waals surface area (Å²) in [5, 5.41) is 0. The molecule has 0 aliphatic carbocycles. The number of nitrogens with zero attached hydrogens (tertiary/aromatic N) is 1. The Kier molecular flexibility index (Phi) is 1.80. The van der Waals surface area contributed by atoms with Crippen LogP contribution in [0.25, 0.3) is 0 Å². The molecule has 0 amide bonds. The molecule has 0 bridgehead atoms. The lowest BCUT2D eigenvalue weighted by atomic mass is 11.0. The Balaban J connectivity index is 2.57. The van der Waals surface area contributed by atoms with Gasteiger partial charge in [-0.15, -0.1) is 0 Å². The average Bonchev–Trinajstić information content (AvgIpc) is 2.12. The Hall–Kier alpha value is -0.773. The van der Waals surface area contributed by atoms with Crippen molar-refractivity contribution in [3.05, 3.63) is 12.4 Å². The number of H-pyrrole nitrogens is 1. The third-order valence-electron chi connectivity index (χ3n) is 0.876. The van der Waals surface area contributed by atoms with E-state index in [-0.39, 0.29) is 0 Å². The summed E-state index contributed by atoms with van der Waals surface area (Å²) in [6, 6.07) is 0.638. The minimum atomic E-state index is -1.46. The lowest BCUT2D eigenvalue weighted by Gasteiger charge is -2.15. The maximum Gasteiger partial charge on any atom is 0.279 e.